The standard InChI is InChI=1S/C38H24N4O/c1-2-14-29(15-3-1)41-34-19-7-6-18-33(34)40-37(41)27-13-8-11-25(20-27)26-12-9-16-30(21-26)42-35-24-43-23-32(35)36-31-17-5-4-10-28(31)22-39-38(36)42/h1-24H. The number of imidazole rings is 1. The summed E-state index contributed by atoms with van der Waals surface area (Å²) >= 11 is 0. The van der Waals surface area contributed by atoms with Crippen LogP contribution >= 0.6 is 0 Å². The molecule has 43 heavy (non-hydrogen) atoms. The molecule has 0 unspecified atom stereocenters. The largest absolute Gasteiger partial charge is 0.470 e. The van der Waals surface area contributed by atoms with Crippen LogP contribution in [0.1, 0.15) is 0 Å². The van der Waals surface area contributed by atoms with Crippen molar-refractivity contribution >= 4 is 43.7 Å². The van der Waals surface area contributed by atoms with Gasteiger partial charge in [0.15, 0.2) is 0 Å². The van der Waals surface area contributed by atoms with Gasteiger partial charge in [0.2, 0.25) is 0 Å². The first-order valence-corrected chi connectivity index (χ1v) is 14.3. The van der Waals surface area contributed by atoms with Gasteiger partial charge in [0.1, 0.15) is 24.0 Å². The van der Waals surface area contributed by atoms with E-state index in [0.29, 0.717) is 0 Å². The summed E-state index contributed by atoms with van der Waals surface area (Å²) < 4.78 is 10.2. The Balaban J connectivity index is 1.21. The zero-order valence-corrected chi connectivity index (χ0v) is 23.1. The Labute approximate surface area is 246 Å². The number of pyridine rings is 1. The summed E-state index contributed by atoms with van der Waals surface area (Å²) in [5.74, 6) is 0.915. The van der Waals surface area contributed by atoms with E-state index in [-0.39, 0.29) is 0 Å². The number of hydrogen-bond donors (Lipinski definition) is 0. The number of nitrogens with zero attached hydrogens (tertiary/aromatic N) is 4. The van der Waals surface area contributed by atoms with Gasteiger partial charge in [-0.25, -0.2) is 9.97 Å². The van der Waals surface area contributed by atoms with E-state index in [9.17, 15) is 0 Å². The van der Waals surface area contributed by atoms with Gasteiger partial charge in [-0.15, -0.1) is 0 Å². The lowest BCUT2D eigenvalue weighted by Crippen LogP contribution is -1.97. The molecule has 0 aliphatic rings. The number of furan rings is 1. The van der Waals surface area contributed by atoms with E-state index in [1.165, 1.54) is 5.39 Å². The van der Waals surface area contributed by atoms with E-state index in [2.05, 4.69) is 118 Å². The number of para-hydroxylation sites is 3. The quantitative estimate of drug-likeness (QED) is 0.218. The molecule has 9 aromatic rings. The third-order valence-electron chi connectivity index (χ3n) is 8.28. The van der Waals surface area contributed by atoms with Gasteiger partial charge in [0, 0.05) is 39.3 Å². The Bertz CT molecular complexity index is 2460. The number of aromatic nitrogens is 4. The van der Waals surface area contributed by atoms with Crippen molar-refractivity contribution in [2.24, 2.45) is 0 Å². The number of hydrogen-bond acceptors (Lipinski definition) is 3. The van der Waals surface area contributed by atoms with Crippen LogP contribution in [0.2, 0.25) is 0 Å². The highest BCUT2D eigenvalue weighted by Gasteiger charge is 2.19. The summed E-state index contributed by atoms with van der Waals surface area (Å²) in [4.78, 5) is 10.0. The predicted molar refractivity (Wildman–Crippen MR) is 174 cm³/mol. The maximum absolute atomic E-state index is 5.72. The van der Waals surface area contributed by atoms with Gasteiger partial charge in [-0.3, -0.25) is 9.13 Å². The molecule has 9 rings (SSSR count). The lowest BCUT2D eigenvalue weighted by Gasteiger charge is -2.12. The lowest BCUT2D eigenvalue weighted by atomic mass is 10.0. The van der Waals surface area contributed by atoms with E-state index in [0.717, 1.165) is 72.2 Å². The highest BCUT2D eigenvalue weighted by Crippen LogP contribution is 2.37. The van der Waals surface area contributed by atoms with Crippen molar-refractivity contribution in [3.63, 3.8) is 0 Å². The minimum Gasteiger partial charge on any atom is -0.470 e. The van der Waals surface area contributed by atoms with E-state index in [1.54, 1.807) is 0 Å². The van der Waals surface area contributed by atoms with Gasteiger partial charge >= 0.3 is 0 Å². The highest BCUT2D eigenvalue weighted by molar-refractivity contribution is 6.19. The zero-order chi connectivity index (χ0) is 28.3. The van der Waals surface area contributed by atoms with Crippen LogP contribution in [0.3, 0.4) is 0 Å². The molecule has 0 atom stereocenters. The molecule has 0 fully saturated rings. The molecule has 0 saturated heterocycles. The topological polar surface area (TPSA) is 48.8 Å². The van der Waals surface area contributed by atoms with Crippen molar-refractivity contribution in [1.29, 1.82) is 0 Å². The average molecular weight is 553 g/mol. The van der Waals surface area contributed by atoms with Crippen molar-refractivity contribution in [1.82, 2.24) is 19.1 Å². The van der Waals surface area contributed by atoms with E-state index in [4.69, 9.17) is 14.4 Å². The minimum absolute atomic E-state index is 0.915. The van der Waals surface area contributed by atoms with Crippen LogP contribution < -0.4 is 0 Å². The van der Waals surface area contributed by atoms with Gasteiger partial charge in [-0.1, -0.05) is 84.9 Å². The van der Waals surface area contributed by atoms with Crippen LogP contribution in [0.15, 0.2) is 151 Å². The van der Waals surface area contributed by atoms with Crippen LogP contribution in [-0.4, -0.2) is 19.1 Å². The molecule has 0 N–H and O–H groups in total. The van der Waals surface area contributed by atoms with E-state index < -0.39 is 0 Å². The Morgan fingerprint density at radius 2 is 1.28 bits per heavy atom. The van der Waals surface area contributed by atoms with Crippen LogP contribution in [-0.2, 0) is 0 Å². The van der Waals surface area contributed by atoms with Crippen LogP contribution in [0.4, 0.5) is 0 Å². The smallest absolute Gasteiger partial charge is 0.146 e. The second kappa shape index (κ2) is 9.29. The maximum atomic E-state index is 5.72. The first-order chi connectivity index (χ1) is 21.3. The molecule has 0 bridgehead atoms. The Kier molecular flexibility index (Phi) is 5.13. The molecule has 4 aromatic heterocycles. The van der Waals surface area contributed by atoms with Crippen molar-refractivity contribution in [2.75, 3.05) is 0 Å². The third-order valence-corrected chi connectivity index (χ3v) is 8.28. The molecule has 0 amide bonds. The first kappa shape index (κ1) is 23.7. The number of fused-ring (bicyclic) bond motifs is 6. The van der Waals surface area contributed by atoms with Crippen LogP contribution in [0.5, 0.6) is 0 Å². The molecule has 0 aliphatic carbocycles. The minimum atomic E-state index is 0.915. The molecular weight excluding hydrogens is 528 g/mol. The zero-order valence-electron chi connectivity index (χ0n) is 23.1. The first-order valence-electron chi connectivity index (χ1n) is 14.3. The fraction of sp³-hybridized carbons (Fsp3) is 0. The Morgan fingerprint density at radius 1 is 0.535 bits per heavy atom. The molecule has 5 heteroatoms. The number of rotatable bonds is 4. The highest BCUT2D eigenvalue weighted by atomic mass is 16.3. The van der Waals surface area contributed by atoms with Crippen molar-refractivity contribution in [2.45, 2.75) is 0 Å². The maximum Gasteiger partial charge on any atom is 0.146 e. The summed E-state index contributed by atoms with van der Waals surface area (Å²) in [6.07, 6.45) is 5.60. The van der Waals surface area contributed by atoms with Crippen molar-refractivity contribution in [3.05, 3.63) is 146 Å². The van der Waals surface area contributed by atoms with Gasteiger partial charge < -0.3 is 4.42 Å². The number of benzene rings is 5. The molecular formula is C38H24N4O. The molecule has 0 aliphatic heterocycles. The van der Waals surface area contributed by atoms with Crippen molar-refractivity contribution in [3.8, 4) is 33.9 Å². The summed E-state index contributed by atoms with van der Waals surface area (Å²) in [6.45, 7) is 0. The normalized spacial score (nSPS) is 11.7. The predicted octanol–water partition coefficient (Wildman–Crippen LogP) is 9.60. The molecule has 4 heterocycles. The Hall–Kier alpha value is -5.94. The van der Waals surface area contributed by atoms with Gasteiger partial charge in [-0.2, -0.15) is 0 Å². The van der Waals surface area contributed by atoms with Gasteiger partial charge in [-0.05, 0) is 59.0 Å². The lowest BCUT2D eigenvalue weighted by molar-refractivity contribution is 0.571. The molecule has 0 radical (unpaired) electrons. The monoisotopic (exact) mass is 552 g/mol. The van der Waals surface area contributed by atoms with Gasteiger partial charge in [0.05, 0.1) is 16.6 Å². The van der Waals surface area contributed by atoms with Crippen LogP contribution in [0.25, 0.3) is 77.6 Å². The fourth-order valence-corrected chi connectivity index (χ4v) is 6.33. The third kappa shape index (κ3) is 3.65. The molecule has 0 spiro atoms. The summed E-state index contributed by atoms with van der Waals surface area (Å²) in [5.41, 5.74) is 9.37. The summed E-state index contributed by atoms with van der Waals surface area (Å²) in [5, 5.41) is 4.45. The second-order valence-electron chi connectivity index (χ2n) is 10.8. The summed E-state index contributed by atoms with van der Waals surface area (Å²) in [7, 11) is 0. The van der Waals surface area contributed by atoms with E-state index in [1.807, 2.05) is 36.9 Å². The Morgan fingerprint density at radius 3 is 2.21 bits per heavy atom. The van der Waals surface area contributed by atoms with Crippen LogP contribution in [0, 0.1) is 0 Å². The molecule has 5 nitrogen and oxygen atoms in total. The molecule has 0 saturated carbocycles. The molecule has 202 valence electrons. The summed E-state index contributed by atoms with van der Waals surface area (Å²) in [6, 6.07) is 44.3. The second-order valence-corrected chi connectivity index (χ2v) is 10.8. The molecule has 5 aromatic carbocycles. The average Bonchev–Trinajstić information content (AvgIpc) is 3.78. The fourth-order valence-electron chi connectivity index (χ4n) is 6.33. The SMILES string of the molecule is c1ccc(-n2c(-c3cccc(-c4cccc(-n5c6cocc6c6c7ccccc7cnc65)c4)c3)nc3ccccc32)cc1. The van der Waals surface area contributed by atoms with Crippen molar-refractivity contribution < 1.29 is 4.42 Å². The van der Waals surface area contributed by atoms with Gasteiger partial charge in [0.25, 0.3) is 0 Å². The van der Waals surface area contributed by atoms with E-state index >= 15 is 0 Å².